The quantitative estimate of drug-likeness (QED) is 0.282. The minimum absolute atomic E-state index is 2.17. The van der Waals surface area contributed by atoms with Crippen molar-refractivity contribution in [2.45, 2.75) is 24.9 Å². The fourth-order valence-electron chi connectivity index (χ4n) is 1.40. The average Bonchev–Trinajstić information content (AvgIpc) is 2.40. The molecule has 0 bridgehead atoms. The van der Waals surface area contributed by atoms with Gasteiger partial charge in [0.1, 0.15) is 24.9 Å². The zero-order chi connectivity index (χ0) is 16.5. The molecule has 0 rings (SSSR count). The van der Waals surface area contributed by atoms with Crippen LogP contribution in [0, 0.1) is 5.41 Å². The van der Waals surface area contributed by atoms with Crippen LogP contribution in [0.5, 0.6) is 0 Å². The number of aliphatic hydroxyl groups is 4. The first-order valence-electron chi connectivity index (χ1n) is 4.82. The van der Waals surface area contributed by atoms with Crippen LogP contribution in [0.2, 0.25) is 0 Å². The topological polar surface area (TPSA) is 276 Å². The number of azide groups is 4. The van der Waals surface area contributed by atoms with E-state index in [2.05, 4.69) is 40.1 Å². The fraction of sp³-hybridized carbons (Fsp3) is 1.00. The summed E-state index contributed by atoms with van der Waals surface area (Å²) in [6.45, 7) is 0. The average molecular weight is 300 g/mol. The Morgan fingerprint density at radius 1 is 0.571 bits per heavy atom. The number of hydrogen-bond donors (Lipinski definition) is 4. The summed E-state index contributed by atoms with van der Waals surface area (Å²) in [5, 5.41) is 49.7. The molecule has 0 amide bonds. The van der Waals surface area contributed by atoms with Gasteiger partial charge < -0.3 is 20.4 Å². The van der Waals surface area contributed by atoms with Crippen LogP contribution >= 0.6 is 0 Å². The first kappa shape index (κ1) is 18.1. The van der Waals surface area contributed by atoms with Crippen LogP contribution in [0.3, 0.4) is 0 Å². The molecule has 0 spiro atoms. The van der Waals surface area contributed by atoms with Crippen molar-refractivity contribution in [2.75, 3.05) is 0 Å². The highest BCUT2D eigenvalue weighted by Crippen LogP contribution is 2.38. The molecule has 0 aliphatic heterocycles. The molecule has 0 saturated carbocycles. The van der Waals surface area contributed by atoms with Crippen molar-refractivity contribution in [3.05, 3.63) is 41.8 Å². The van der Waals surface area contributed by atoms with Crippen LogP contribution in [-0.4, -0.2) is 45.3 Å². The van der Waals surface area contributed by atoms with Crippen molar-refractivity contribution < 1.29 is 20.4 Å². The third-order valence-corrected chi connectivity index (χ3v) is 2.43. The lowest BCUT2D eigenvalue weighted by molar-refractivity contribution is -0.186. The van der Waals surface area contributed by atoms with Gasteiger partial charge >= 0.3 is 0 Å². The normalized spacial score (nSPS) is 18.1. The van der Waals surface area contributed by atoms with E-state index in [4.69, 9.17) is 22.1 Å². The Balaban J connectivity index is 6.42. The van der Waals surface area contributed by atoms with Crippen molar-refractivity contribution in [2.24, 2.45) is 25.9 Å². The predicted molar refractivity (Wildman–Crippen MR) is 63.0 cm³/mol. The molecule has 0 aromatic rings. The van der Waals surface area contributed by atoms with Gasteiger partial charge in [0.15, 0.2) is 0 Å². The largest absolute Gasteiger partial charge is 0.386 e. The Morgan fingerprint density at radius 2 is 0.762 bits per heavy atom. The van der Waals surface area contributed by atoms with Gasteiger partial charge in [-0.25, -0.2) is 0 Å². The molecular formula is C5H8N12O4. The van der Waals surface area contributed by atoms with Crippen LogP contribution < -0.4 is 0 Å². The first-order valence-corrected chi connectivity index (χ1v) is 4.82. The molecule has 16 heteroatoms. The Hall–Kier alpha value is -2.92. The SMILES string of the molecule is [N-]=[N+]=NC(O)C(C(O)N=[N+]=[N-])(C(O)N=[N+]=[N-])C(O)N=[N+]=[N-]. The minimum atomic E-state index is -2.92. The van der Waals surface area contributed by atoms with E-state index in [0.717, 1.165) is 0 Å². The number of aliphatic hydroxyl groups excluding tert-OH is 4. The van der Waals surface area contributed by atoms with Crippen LogP contribution in [0.1, 0.15) is 0 Å². The lowest BCUT2D eigenvalue weighted by Gasteiger charge is -2.41. The summed E-state index contributed by atoms with van der Waals surface area (Å²) in [5.74, 6) is 0. The Labute approximate surface area is 114 Å². The molecule has 21 heavy (non-hydrogen) atoms. The molecule has 0 saturated heterocycles. The van der Waals surface area contributed by atoms with Crippen molar-refractivity contribution in [3.63, 3.8) is 0 Å². The second-order valence-corrected chi connectivity index (χ2v) is 3.31. The standard InChI is InChI=1S/C5H8N12O4/c6-14-10-1(18)5(2(19)11-15-7,3(20)12-16-8)4(21)13-17-9/h1-4,18-21H. The first-order chi connectivity index (χ1) is 9.93. The number of rotatable bonds is 8. The summed E-state index contributed by atoms with van der Waals surface area (Å²) in [7, 11) is 0. The second-order valence-electron chi connectivity index (χ2n) is 3.31. The molecule has 0 radical (unpaired) electrons. The molecule has 0 aliphatic rings. The zero-order valence-electron chi connectivity index (χ0n) is 9.96. The van der Waals surface area contributed by atoms with Crippen LogP contribution in [0.15, 0.2) is 20.5 Å². The monoisotopic (exact) mass is 300 g/mol. The molecule has 16 nitrogen and oxygen atoms in total. The van der Waals surface area contributed by atoms with Crippen molar-refractivity contribution in [1.82, 2.24) is 0 Å². The van der Waals surface area contributed by atoms with Gasteiger partial charge in [0.2, 0.25) is 0 Å². The molecule has 0 aliphatic carbocycles. The molecule has 0 heterocycles. The smallest absolute Gasteiger partial charge is 0.146 e. The molecule has 0 aromatic carbocycles. The molecular weight excluding hydrogens is 292 g/mol. The van der Waals surface area contributed by atoms with Gasteiger partial charge in [-0.2, -0.15) is 0 Å². The molecule has 4 N–H and O–H groups in total. The summed E-state index contributed by atoms with van der Waals surface area (Å²) >= 11 is 0. The van der Waals surface area contributed by atoms with Crippen molar-refractivity contribution in [1.29, 1.82) is 0 Å². The summed E-state index contributed by atoms with van der Waals surface area (Å²) < 4.78 is 0. The molecule has 112 valence electrons. The summed E-state index contributed by atoms with van der Waals surface area (Å²) in [4.78, 5) is 8.67. The minimum Gasteiger partial charge on any atom is -0.386 e. The molecule has 0 fully saturated rings. The Kier molecular flexibility index (Phi) is 7.14. The maximum absolute atomic E-state index is 9.70. The highest BCUT2D eigenvalue weighted by atomic mass is 16.3. The lowest BCUT2D eigenvalue weighted by atomic mass is 9.80. The Bertz CT molecular complexity index is 450. The van der Waals surface area contributed by atoms with E-state index in [1.54, 1.807) is 0 Å². The van der Waals surface area contributed by atoms with Gasteiger partial charge in [0, 0.05) is 19.6 Å². The van der Waals surface area contributed by atoms with Gasteiger partial charge in [-0.05, 0) is 22.1 Å². The van der Waals surface area contributed by atoms with Crippen molar-refractivity contribution in [3.8, 4) is 0 Å². The van der Waals surface area contributed by atoms with Crippen LogP contribution in [0.25, 0.3) is 41.8 Å². The van der Waals surface area contributed by atoms with Gasteiger partial charge in [-0.1, -0.05) is 20.5 Å². The number of nitrogens with zero attached hydrogens (tertiary/aromatic N) is 12. The molecule has 0 aromatic heterocycles. The van der Waals surface area contributed by atoms with Gasteiger partial charge in [0.05, 0.1) is 5.41 Å². The highest BCUT2D eigenvalue weighted by Gasteiger charge is 2.55. The van der Waals surface area contributed by atoms with E-state index in [1.807, 2.05) is 0 Å². The third kappa shape index (κ3) is 3.55. The van der Waals surface area contributed by atoms with E-state index >= 15 is 0 Å². The molecule has 4 unspecified atom stereocenters. The maximum atomic E-state index is 9.70. The van der Waals surface area contributed by atoms with E-state index < -0.39 is 30.3 Å². The van der Waals surface area contributed by atoms with Crippen LogP contribution in [0.4, 0.5) is 0 Å². The fourth-order valence-corrected chi connectivity index (χ4v) is 1.40. The Morgan fingerprint density at radius 3 is 0.905 bits per heavy atom. The summed E-state index contributed by atoms with van der Waals surface area (Å²) in [6, 6.07) is 0. The van der Waals surface area contributed by atoms with E-state index in [-0.39, 0.29) is 0 Å². The maximum Gasteiger partial charge on any atom is 0.146 e. The zero-order valence-corrected chi connectivity index (χ0v) is 9.96. The lowest BCUT2D eigenvalue weighted by Crippen LogP contribution is -2.58. The van der Waals surface area contributed by atoms with E-state index in [1.165, 1.54) is 0 Å². The van der Waals surface area contributed by atoms with Gasteiger partial charge in [-0.15, -0.1) is 0 Å². The second kappa shape index (κ2) is 8.29. The summed E-state index contributed by atoms with van der Waals surface area (Å²) in [6.07, 6.45) is -9.93. The van der Waals surface area contributed by atoms with E-state index in [9.17, 15) is 20.4 Å². The van der Waals surface area contributed by atoms with Gasteiger partial charge in [0.25, 0.3) is 0 Å². The van der Waals surface area contributed by atoms with Crippen LogP contribution in [-0.2, 0) is 0 Å². The van der Waals surface area contributed by atoms with Gasteiger partial charge in [-0.3, -0.25) is 0 Å². The van der Waals surface area contributed by atoms with E-state index in [0.29, 0.717) is 0 Å². The summed E-state index contributed by atoms with van der Waals surface area (Å²) in [5.41, 5.74) is 30.2. The van der Waals surface area contributed by atoms with Crippen molar-refractivity contribution >= 4 is 0 Å². The highest BCUT2D eigenvalue weighted by molar-refractivity contribution is 5.00. The third-order valence-electron chi connectivity index (χ3n) is 2.43. The predicted octanol–water partition coefficient (Wildman–Crippen LogP) is 0.488. The molecule has 4 atom stereocenters. The number of hydrogen-bond acceptors (Lipinski definition) is 8.